The molecule has 2 rings (SSSR count). The number of alkyl halides is 1. The van der Waals surface area contributed by atoms with Gasteiger partial charge in [-0.25, -0.2) is 4.79 Å². The largest absolute Gasteiger partial charge is 0.338 e. The number of imide groups is 1. The number of rotatable bonds is 1. The molecule has 0 aromatic rings. The number of hydrogen-bond acceptors (Lipinski definition) is 3. The first kappa shape index (κ1) is 11.2. The Morgan fingerprint density at radius 3 is 2.75 bits per heavy atom. The molecule has 0 bridgehead atoms. The minimum atomic E-state index is -0.946. The lowest BCUT2D eigenvalue weighted by molar-refractivity contribution is -0.130. The number of carbonyl (C=O) groups excluding carboxylic acids is 3. The third-order valence-electron chi connectivity index (χ3n) is 2.94. The molecule has 2 aliphatic heterocycles. The molecule has 16 heavy (non-hydrogen) atoms. The highest BCUT2D eigenvalue weighted by atomic mass is 35.5. The van der Waals surface area contributed by atoms with Gasteiger partial charge >= 0.3 is 6.03 Å². The fourth-order valence-electron chi connectivity index (χ4n) is 2.06. The molecule has 0 aliphatic carbocycles. The number of amides is 4. The SMILES string of the molecule is CC(Cl)C(=O)N1CCC2(C1)NC(=O)NC2=O. The van der Waals surface area contributed by atoms with Gasteiger partial charge < -0.3 is 10.2 Å². The molecule has 88 valence electrons. The van der Waals surface area contributed by atoms with Crippen LogP contribution >= 0.6 is 11.6 Å². The molecule has 7 heteroatoms. The molecule has 0 aromatic heterocycles. The van der Waals surface area contributed by atoms with E-state index in [1.54, 1.807) is 6.92 Å². The van der Waals surface area contributed by atoms with E-state index in [0.29, 0.717) is 13.0 Å². The number of halogens is 1. The molecule has 2 heterocycles. The number of hydrogen-bond donors (Lipinski definition) is 2. The maximum atomic E-state index is 11.6. The van der Waals surface area contributed by atoms with Gasteiger partial charge in [-0.05, 0) is 13.3 Å². The zero-order chi connectivity index (χ0) is 11.9. The lowest BCUT2D eigenvalue weighted by Crippen LogP contribution is -2.50. The number of carbonyl (C=O) groups is 3. The first-order valence-corrected chi connectivity index (χ1v) is 5.45. The van der Waals surface area contributed by atoms with Gasteiger partial charge in [0.2, 0.25) is 5.91 Å². The lowest BCUT2D eigenvalue weighted by Gasteiger charge is -2.21. The summed E-state index contributed by atoms with van der Waals surface area (Å²) in [7, 11) is 0. The molecule has 4 amide bonds. The quantitative estimate of drug-likeness (QED) is 0.479. The van der Waals surface area contributed by atoms with E-state index < -0.39 is 16.9 Å². The van der Waals surface area contributed by atoms with E-state index in [1.165, 1.54) is 4.90 Å². The first-order valence-electron chi connectivity index (χ1n) is 5.01. The summed E-state index contributed by atoms with van der Waals surface area (Å²) in [5, 5.41) is 4.13. The van der Waals surface area contributed by atoms with E-state index in [4.69, 9.17) is 11.6 Å². The smallest absolute Gasteiger partial charge is 0.322 e. The second-order valence-corrected chi connectivity index (χ2v) is 4.77. The van der Waals surface area contributed by atoms with Crippen LogP contribution in [0.15, 0.2) is 0 Å². The van der Waals surface area contributed by atoms with Crippen molar-refractivity contribution >= 4 is 29.4 Å². The first-order chi connectivity index (χ1) is 7.44. The van der Waals surface area contributed by atoms with E-state index in [-0.39, 0.29) is 18.4 Å². The molecule has 0 aromatic carbocycles. The molecule has 6 nitrogen and oxygen atoms in total. The summed E-state index contributed by atoms with van der Waals surface area (Å²) in [5.74, 6) is -0.581. The maximum absolute atomic E-state index is 11.6. The van der Waals surface area contributed by atoms with Crippen molar-refractivity contribution in [3.05, 3.63) is 0 Å². The fourth-order valence-corrected chi connectivity index (χ4v) is 2.20. The Balaban J connectivity index is 2.11. The highest BCUT2D eigenvalue weighted by molar-refractivity contribution is 6.30. The number of nitrogens with one attached hydrogen (secondary N) is 2. The molecule has 0 radical (unpaired) electrons. The normalized spacial score (nSPS) is 30.5. The molecule has 2 unspecified atom stereocenters. The van der Waals surface area contributed by atoms with Crippen LogP contribution in [0.1, 0.15) is 13.3 Å². The Bertz CT molecular complexity index is 371. The summed E-state index contributed by atoms with van der Waals surface area (Å²) in [6, 6.07) is -0.502. The van der Waals surface area contributed by atoms with Crippen LogP contribution < -0.4 is 10.6 Å². The molecular formula is C9H12ClN3O3. The molecule has 2 aliphatic rings. The van der Waals surface area contributed by atoms with Crippen molar-refractivity contribution in [3.63, 3.8) is 0 Å². The van der Waals surface area contributed by atoms with Crippen LogP contribution in [0.3, 0.4) is 0 Å². The molecule has 2 N–H and O–H groups in total. The third kappa shape index (κ3) is 1.63. The Morgan fingerprint density at radius 2 is 2.25 bits per heavy atom. The van der Waals surface area contributed by atoms with Gasteiger partial charge in [0.05, 0.1) is 6.54 Å². The Kier molecular flexibility index (Phi) is 2.53. The minimum absolute atomic E-state index is 0.195. The van der Waals surface area contributed by atoms with Crippen LogP contribution in [-0.2, 0) is 9.59 Å². The van der Waals surface area contributed by atoms with Crippen LogP contribution in [0.25, 0.3) is 0 Å². The van der Waals surface area contributed by atoms with Gasteiger partial charge in [-0.2, -0.15) is 0 Å². The topological polar surface area (TPSA) is 78.5 Å². The standard InChI is InChI=1S/C9H12ClN3O3/c1-5(10)6(14)13-3-2-9(4-13)7(15)11-8(16)12-9/h5H,2-4H2,1H3,(H2,11,12,15,16). The monoisotopic (exact) mass is 245 g/mol. The summed E-state index contributed by atoms with van der Waals surface area (Å²) in [4.78, 5) is 35.8. The molecule has 2 atom stereocenters. The van der Waals surface area contributed by atoms with E-state index in [9.17, 15) is 14.4 Å². The summed E-state index contributed by atoms with van der Waals surface area (Å²) in [6.45, 7) is 2.21. The average Bonchev–Trinajstić information content (AvgIpc) is 2.72. The summed E-state index contributed by atoms with van der Waals surface area (Å²) in [6.07, 6.45) is 0.430. The predicted molar refractivity (Wildman–Crippen MR) is 55.9 cm³/mol. The number of likely N-dealkylation sites (tertiary alicyclic amines) is 1. The molecule has 2 fully saturated rings. The third-order valence-corrected chi connectivity index (χ3v) is 3.12. The second-order valence-electron chi connectivity index (χ2n) is 4.12. The van der Waals surface area contributed by atoms with E-state index in [0.717, 1.165) is 0 Å². The van der Waals surface area contributed by atoms with Crippen molar-refractivity contribution in [3.8, 4) is 0 Å². The highest BCUT2D eigenvalue weighted by Crippen LogP contribution is 2.25. The van der Waals surface area contributed by atoms with Crippen molar-refractivity contribution in [2.45, 2.75) is 24.3 Å². The van der Waals surface area contributed by atoms with Crippen LogP contribution in [0.5, 0.6) is 0 Å². The minimum Gasteiger partial charge on any atom is -0.338 e. The van der Waals surface area contributed by atoms with Crippen molar-refractivity contribution in [2.24, 2.45) is 0 Å². The van der Waals surface area contributed by atoms with Crippen molar-refractivity contribution < 1.29 is 14.4 Å². The zero-order valence-corrected chi connectivity index (χ0v) is 9.50. The Morgan fingerprint density at radius 1 is 1.56 bits per heavy atom. The van der Waals surface area contributed by atoms with Gasteiger partial charge in [0.15, 0.2) is 0 Å². The molecule has 1 spiro atoms. The number of nitrogens with zero attached hydrogens (tertiary/aromatic N) is 1. The molecular weight excluding hydrogens is 234 g/mol. The van der Waals surface area contributed by atoms with Crippen molar-refractivity contribution in [1.29, 1.82) is 0 Å². The lowest BCUT2D eigenvalue weighted by atomic mass is 10.00. The Hall–Kier alpha value is -1.30. The summed E-state index contributed by atoms with van der Waals surface area (Å²) in [5.41, 5.74) is -0.946. The van der Waals surface area contributed by atoms with Crippen LogP contribution in [0, 0.1) is 0 Å². The van der Waals surface area contributed by atoms with Crippen LogP contribution in [0.2, 0.25) is 0 Å². The molecule has 2 saturated heterocycles. The van der Waals surface area contributed by atoms with Gasteiger partial charge in [0.25, 0.3) is 5.91 Å². The van der Waals surface area contributed by atoms with E-state index in [1.807, 2.05) is 0 Å². The van der Waals surface area contributed by atoms with Gasteiger partial charge in [-0.3, -0.25) is 14.9 Å². The van der Waals surface area contributed by atoms with Crippen molar-refractivity contribution in [1.82, 2.24) is 15.5 Å². The van der Waals surface area contributed by atoms with Crippen molar-refractivity contribution in [2.75, 3.05) is 13.1 Å². The van der Waals surface area contributed by atoms with Crippen LogP contribution in [-0.4, -0.2) is 46.8 Å². The van der Waals surface area contributed by atoms with Gasteiger partial charge in [0, 0.05) is 6.54 Å². The van der Waals surface area contributed by atoms with Gasteiger partial charge in [-0.1, -0.05) is 0 Å². The zero-order valence-electron chi connectivity index (χ0n) is 8.75. The fraction of sp³-hybridized carbons (Fsp3) is 0.667. The van der Waals surface area contributed by atoms with E-state index in [2.05, 4.69) is 10.6 Å². The maximum Gasteiger partial charge on any atom is 0.322 e. The van der Waals surface area contributed by atoms with Crippen LogP contribution in [0.4, 0.5) is 4.79 Å². The van der Waals surface area contributed by atoms with E-state index >= 15 is 0 Å². The predicted octanol–water partition coefficient (Wildman–Crippen LogP) is -0.576. The average molecular weight is 246 g/mol. The second kappa shape index (κ2) is 3.62. The number of urea groups is 1. The summed E-state index contributed by atoms with van der Waals surface area (Å²) >= 11 is 5.69. The Labute approximate surface area is 97.3 Å². The highest BCUT2D eigenvalue weighted by Gasteiger charge is 2.51. The molecule has 0 saturated carbocycles. The van der Waals surface area contributed by atoms with Gasteiger partial charge in [0.1, 0.15) is 10.9 Å². The summed E-state index contributed by atoms with van der Waals surface area (Å²) < 4.78 is 0. The van der Waals surface area contributed by atoms with Gasteiger partial charge in [-0.15, -0.1) is 11.6 Å².